The molecule has 5 nitrogen and oxygen atoms in total. The van der Waals surface area contributed by atoms with Crippen LogP contribution in [0.3, 0.4) is 0 Å². The Hall–Kier alpha value is -1.87. The van der Waals surface area contributed by atoms with Crippen molar-refractivity contribution < 1.29 is 13.2 Å². The van der Waals surface area contributed by atoms with Gasteiger partial charge in [-0.1, -0.05) is 0 Å². The highest BCUT2D eigenvalue weighted by Crippen LogP contribution is 2.17. The molecule has 6 heteroatoms. The molecule has 1 heterocycles. The normalized spacial score (nSPS) is 20.7. The van der Waals surface area contributed by atoms with Gasteiger partial charge in [0.05, 0.1) is 23.1 Å². The van der Waals surface area contributed by atoms with E-state index < -0.39 is 9.84 Å². The molecule has 1 aliphatic heterocycles. The van der Waals surface area contributed by atoms with Gasteiger partial charge >= 0.3 is 0 Å². The van der Waals surface area contributed by atoms with Gasteiger partial charge in [0.15, 0.2) is 9.84 Å². The molecule has 100 valence electrons. The molecule has 1 amide bonds. The van der Waals surface area contributed by atoms with E-state index in [0.717, 1.165) is 0 Å². The molecule has 0 aliphatic carbocycles. The standard InChI is InChI=1S/C13H14N2O3S/c14-7-10-1-3-12(4-2-10)13(16)15-8-11-5-6-19(17,18)9-11/h1-4,11H,5-6,8-9H2,(H,15,16)/t11-/m0/s1. The molecule has 1 aliphatic rings. The topological polar surface area (TPSA) is 87.0 Å². The van der Waals surface area contributed by atoms with E-state index in [1.54, 1.807) is 24.3 Å². The lowest BCUT2D eigenvalue weighted by Crippen LogP contribution is -2.29. The Morgan fingerprint density at radius 2 is 2.05 bits per heavy atom. The summed E-state index contributed by atoms with van der Waals surface area (Å²) in [4.78, 5) is 11.8. The Bertz CT molecular complexity index is 614. The minimum Gasteiger partial charge on any atom is -0.352 e. The zero-order valence-corrected chi connectivity index (χ0v) is 11.1. The second-order valence-corrected chi connectivity index (χ2v) is 6.90. The molecule has 1 aromatic carbocycles. The van der Waals surface area contributed by atoms with E-state index in [4.69, 9.17) is 5.26 Å². The molecular formula is C13H14N2O3S. The number of carbonyl (C=O) groups is 1. The number of nitrogens with one attached hydrogen (secondary N) is 1. The number of nitrogens with zero attached hydrogens (tertiary/aromatic N) is 1. The molecule has 0 aromatic heterocycles. The first-order valence-corrected chi connectivity index (χ1v) is 7.81. The highest BCUT2D eigenvalue weighted by Gasteiger charge is 2.27. The fourth-order valence-electron chi connectivity index (χ4n) is 2.07. The SMILES string of the molecule is N#Cc1ccc(C(=O)NC[C@@H]2CCS(=O)(=O)C2)cc1. The summed E-state index contributed by atoms with van der Waals surface area (Å²) in [6.45, 7) is 0.373. The molecule has 1 aromatic rings. The molecular weight excluding hydrogens is 264 g/mol. The first-order valence-electron chi connectivity index (χ1n) is 5.99. The number of nitriles is 1. The lowest BCUT2D eigenvalue weighted by atomic mass is 10.1. The highest BCUT2D eigenvalue weighted by atomic mass is 32.2. The molecule has 0 saturated carbocycles. The molecule has 1 saturated heterocycles. The van der Waals surface area contributed by atoms with E-state index in [9.17, 15) is 13.2 Å². The Morgan fingerprint density at radius 3 is 2.58 bits per heavy atom. The second-order valence-electron chi connectivity index (χ2n) is 4.67. The van der Waals surface area contributed by atoms with Crippen molar-refractivity contribution in [3.63, 3.8) is 0 Å². The van der Waals surface area contributed by atoms with Gasteiger partial charge in [0.25, 0.3) is 5.91 Å². The van der Waals surface area contributed by atoms with Crippen LogP contribution in [0.1, 0.15) is 22.3 Å². The quantitative estimate of drug-likeness (QED) is 0.882. The van der Waals surface area contributed by atoms with Crippen LogP contribution in [0.2, 0.25) is 0 Å². The zero-order valence-electron chi connectivity index (χ0n) is 10.3. The zero-order chi connectivity index (χ0) is 13.9. The summed E-state index contributed by atoms with van der Waals surface area (Å²) in [5.41, 5.74) is 0.971. The molecule has 0 radical (unpaired) electrons. The van der Waals surface area contributed by atoms with Gasteiger partial charge in [-0.2, -0.15) is 5.26 Å². The van der Waals surface area contributed by atoms with Crippen LogP contribution < -0.4 is 5.32 Å². The average Bonchev–Trinajstić information content (AvgIpc) is 2.76. The highest BCUT2D eigenvalue weighted by molar-refractivity contribution is 7.91. The third-order valence-corrected chi connectivity index (χ3v) is 4.99. The summed E-state index contributed by atoms with van der Waals surface area (Å²) >= 11 is 0. The molecule has 1 fully saturated rings. The number of rotatable bonds is 3. The molecule has 1 N–H and O–H groups in total. The Balaban J connectivity index is 1.89. The largest absolute Gasteiger partial charge is 0.352 e. The molecule has 0 spiro atoms. The number of amides is 1. The molecule has 1 atom stereocenters. The van der Waals surface area contributed by atoms with Crippen molar-refractivity contribution in [2.45, 2.75) is 6.42 Å². The van der Waals surface area contributed by atoms with Gasteiger partial charge in [-0.25, -0.2) is 8.42 Å². The molecule has 0 unspecified atom stereocenters. The van der Waals surface area contributed by atoms with E-state index in [1.165, 1.54) is 0 Å². The first-order chi connectivity index (χ1) is 9.00. The van der Waals surface area contributed by atoms with Crippen LogP contribution in [0.5, 0.6) is 0 Å². The Labute approximate surface area is 112 Å². The van der Waals surface area contributed by atoms with E-state index in [-0.39, 0.29) is 23.3 Å². The van der Waals surface area contributed by atoms with Crippen molar-refractivity contribution in [2.24, 2.45) is 5.92 Å². The van der Waals surface area contributed by atoms with Crippen molar-refractivity contribution in [1.82, 2.24) is 5.32 Å². The number of hydrogen-bond donors (Lipinski definition) is 1. The summed E-state index contributed by atoms with van der Waals surface area (Å²) in [5, 5.41) is 11.4. The maximum atomic E-state index is 11.8. The van der Waals surface area contributed by atoms with Crippen LogP contribution in [0.4, 0.5) is 0 Å². The van der Waals surface area contributed by atoms with Crippen LogP contribution in [0.15, 0.2) is 24.3 Å². The first kappa shape index (κ1) is 13.6. The third-order valence-electron chi connectivity index (χ3n) is 3.15. The number of sulfone groups is 1. The minimum atomic E-state index is -2.90. The summed E-state index contributed by atoms with van der Waals surface area (Å²) < 4.78 is 22.6. The summed E-state index contributed by atoms with van der Waals surface area (Å²) in [6, 6.07) is 8.30. The van der Waals surface area contributed by atoms with Crippen molar-refractivity contribution in [3.8, 4) is 6.07 Å². The van der Waals surface area contributed by atoms with Crippen molar-refractivity contribution in [1.29, 1.82) is 5.26 Å². The fourth-order valence-corrected chi connectivity index (χ4v) is 3.93. The van der Waals surface area contributed by atoms with Crippen LogP contribution in [0.25, 0.3) is 0 Å². The number of hydrogen-bond acceptors (Lipinski definition) is 4. The van der Waals surface area contributed by atoms with Crippen molar-refractivity contribution >= 4 is 15.7 Å². The summed E-state index contributed by atoms with van der Waals surface area (Å²) in [6.07, 6.45) is 0.607. The fraction of sp³-hybridized carbons (Fsp3) is 0.385. The monoisotopic (exact) mass is 278 g/mol. The second kappa shape index (κ2) is 5.41. The number of benzene rings is 1. The third kappa shape index (κ3) is 3.55. The lowest BCUT2D eigenvalue weighted by molar-refractivity contribution is 0.0948. The van der Waals surface area contributed by atoms with Gasteiger partial charge in [-0.15, -0.1) is 0 Å². The summed E-state index contributed by atoms with van der Waals surface area (Å²) in [7, 11) is -2.90. The van der Waals surface area contributed by atoms with Crippen LogP contribution >= 0.6 is 0 Å². The maximum Gasteiger partial charge on any atom is 0.251 e. The van der Waals surface area contributed by atoms with E-state index in [2.05, 4.69) is 5.32 Å². The average molecular weight is 278 g/mol. The van der Waals surface area contributed by atoms with E-state index in [0.29, 0.717) is 24.1 Å². The molecule has 0 bridgehead atoms. The van der Waals surface area contributed by atoms with Gasteiger partial charge in [0, 0.05) is 12.1 Å². The Morgan fingerprint density at radius 1 is 1.37 bits per heavy atom. The van der Waals surface area contributed by atoms with Crippen LogP contribution in [-0.4, -0.2) is 32.4 Å². The van der Waals surface area contributed by atoms with Crippen molar-refractivity contribution in [3.05, 3.63) is 35.4 Å². The summed E-state index contributed by atoms with van der Waals surface area (Å²) in [5.74, 6) is 0.131. The number of carbonyl (C=O) groups excluding carboxylic acids is 1. The van der Waals surface area contributed by atoms with E-state index >= 15 is 0 Å². The van der Waals surface area contributed by atoms with Gasteiger partial charge in [-0.3, -0.25) is 4.79 Å². The lowest BCUT2D eigenvalue weighted by Gasteiger charge is -2.09. The molecule has 19 heavy (non-hydrogen) atoms. The van der Waals surface area contributed by atoms with Gasteiger partial charge in [0.2, 0.25) is 0 Å². The molecule has 2 rings (SSSR count). The van der Waals surface area contributed by atoms with E-state index in [1.807, 2.05) is 6.07 Å². The van der Waals surface area contributed by atoms with Crippen molar-refractivity contribution in [2.75, 3.05) is 18.1 Å². The smallest absolute Gasteiger partial charge is 0.251 e. The Kier molecular flexibility index (Phi) is 3.86. The maximum absolute atomic E-state index is 11.8. The van der Waals surface area contributed by atoms with Gasteiger partial charge in [0.1, 0.15) is 0 Å². The van der Waals surface area contributed by atoms with Gasteiger partial charge in [-0.05, 0) is 36.6 Å². The van der Waals surface area contributed by atoms with Crippen LogP contribution in [-0.2, 0) is 9.84 Å². The predicted molar refractivity (Wildman–Crippen MR) is 70.3 cm³/mol. The minimum absolute atomic E-state index is 0.00679. The van der Waals surface area contributed by atoms with Crippen LogP contribution in [0, 0.1) is 17.2 Å². The van der Waals surface area contributed by atoms with Gasteiger partial charge < -0.3 is 5.32 Å². The predicted octanol–water partition coefficient (Wildman–Crippen LogP) is 0.723.